The lowest BCUT2D eigenvalue weighted by Crippen LogP contribution is -2.40. The molecule has 0 aliphatic heterocycles. The highest BCUT2D eigenvalue weighted by Gasteiger charge is 2.24. The topological polar surface area (TPSA) is 111 Å². The quantitative estimate of drug-likeness (QED) is 0.421. The fraction of sp³-hybridized carbons (Fsp3) is 0.444. The second kappa shape index (κ2) is 10.9. The van der Waals surface area contributed by atoms with Crippen LogP contribution in [0.15, 0.2) is 42.6 Å². The van der Waals surface area contributed by atoms with Gasteiger partial charge in [-0.25, -0.2) is 4.98 Å². The summed E-state index contributed by atoms with van der Waals surface area (Å²) in [6, 6.07) is 12.2. The molecule has 4 rings (SSSR count). The molecule has 1 aliphatic carbocycles. The number of fused-ring (bicyclic) bond motifs is 1. The number of rotatable bonds is 8. The molecule has 35 heavy (non-hydrogen) atoms. The Morgan fingerprint density at radius 2 is 1.86 bits per heavy atom. The van der Waals surface area contributed by atoms with Crippen molar-refractivity contribution >= 4 is 23.3 Å². The molecular formula is C27H35N5O3. The SMILES string of the molecule is CCOC(=O)CNc1c(-c2ccc(C(C)C)cc2)nc2c(C(=O)NC3CCC(N)CC3)cccn12. The monoisotopic (exact) mass is 477 g/mol. The van der Waals surface area contributed by atoms with Crippen LogP contribution in [0.4, 0.5) is 5.82 Å². The number of amides is 1. The zero-order valence-electron chi connectivity index (χ0n) is 20.7. The van der Waals surface area contributed by atoms with Gasteiger partial charge in [0.1, 0.15) is 18.1 Å². The lowest BCUT2D eigenvalue weighted by atomic mass is 9.91. The number of nitrogens with one attached hydrogen (secondary N) is 2. The number of nitrogens with zero attached hydrogens (tertiary/aromatic N) is 2. The largest absolute Gasteiger partial charge is 0.465 e. The highest BCUT2D eigenvalue weighted by Crippen LogP contribution is 2.31. The maximum absolute atomic E-state index is 13.2. The minimum absolute atomic E-state index is 0.00252. The van der Waals surface area contributed by atoms with Crippen molar-refractivity contribution in [3.8, 4) is 11.3 Å². The molecule has 3 aromatic rings. The van der Waals surface area contributed by atoms with Crippen molar-refractivity contribution in [1.82, 2.24) is 14.7 Å². The summed E-state index contributed by atoms with van der Waals surface area (Å²) in [5, 5.41) is 6.35. The molecule has 0 saturated heterocycles. The summed E-state index contributed by atoms with van der Waals surface area (Å²) < 4.78 is 6.92. The van der Waals surface area contributed by atoms with Gasteiger partial charge in [-0.2, -0.15) is 0 Å². The molecule has 1 fully saturated rings. The zero-order chi connectivity index (χ0) is 24.9. The van der Waals surface area contributed by atoms with E-state index in [2.05, 4.69) is 36.6 Å². The normalized spacial score (nSPS) is 18.0. The van der Waals surface area contributed by atoms with Gasteiger partial charge in [-0.15, -0.1) is 0 Å². The Morgan fingerprint density at radius 1 is 1.14 bits per heavy atom. The second-order valence-electron chi connectivity index (χ2n) is 9.44. The third-order valence-corrected chi connectivity index (χ3v) is 6.56. The van der Waals surface area contributed by atoms with Crippen LogP contribution >= 0.6 is 0 Å². The van der Waals surface area contributed by atoms with Gasteiger partial charge < -0.3 is 21.1 Å². The van der Waals surface area contributed by atoms with Crippen LogP contribution in [-0.2, 0) is 9.53 Å². The van der Waals surface area contributed by atoms with Crippen molar-refractivity contribution in [1.29, 1.82) is 0 Å². The molecule has 0 unspecified atom stereocenters. The number of aromatic nitrogens is 2. The van der Waals surface area contributed by atoms with Gasteiger partial charge in [0, 0.05) is 23.8 Å². The summed E-state index contributed by atoms with van der Waals surface area (Å²) in [4.78, 5) is 30.2. The number of nitrogens with two attached hydrogens (primary N) is 1. The molecule has 0 radical (unpaired) electrons. The average molecular weight is 478 g/mol. The predicted octanol–water partition coefficient (Wildman–Crippen LogP) is 4.10. The molecule has 1 aromatic carbocycles. The Hall–Kier alpha value is -3.39. The average Bonchev–Trinajstić information content (AvgIpc) is 3.23. The standard InChI is InChI=1S/C27H35N5O3/c1-4-35-23(33)16-29-26-24(19-9-7-18(8-10-19)17(2)3)31-25-22(6-5-15-32(25)26)27(34)30-21-13-11-20(28)12-14-21/h5-10,15,17,20-21,29H,4,11-14,16,28H2,1-3H3,(H,30,34). The van der Waals surface area contributed by atoms with Gasteiger partial charge in [0.25, 0.3) is 5.91 Å². The molecule has 0 bridgehead atoms. The number of ether oxygens (including phenoxy) is 1. The number of carbonyl (C=O) groups is 2. The van der Waals surface area contributed by atoms with E-state index >= 15 is 0 Å². The van der Waals surface area contributed by atoms with E-state index < -0.39 is 0 Å². The van der Waals surface area contributed by atoms with Crippen LogP contribution < -0.4 is 16.4 Å². The van der Waals surface area contributed by atoms with Crippen LogP contribution in [0.3, 0.4) is 0 Å². The number of pyridine rings is 1. The molecule has 8 nitrogen and oxygen atoms in total. The number of imidazole rings is 1. The molecule has 1 saturated carbocycles. The smallest absolute Gasteiger partial charge is 0.325 e. The van der Waals surface area contributed by atoms with Crippen LogP contribution in [0.1, 0.15) is 68.3 Å². The first-order valence-electron chi connectivity index (χ1n) is 12.4. The first-order valence-corrected chi connectivity index (χ1v) is 12.4. The van der Waals surface area contributed by atoms with Crippen LogP contribution in [0.2, 0.25) is 0 Å². The molecule has 186 valence electrons. The molecule has 0 spiro atoms. The van der Waals surface area contributed by atoms with Gasteiger partial charge in [0.05, 0.1) is 12.2 Å². The first-order chi connectivity index (χ1) is 16.9. The highest BCUT2D eigenvalue weighted by atomic mass is 16.5. The van der Waals surface area contributed by atoms with Crippen LogP contribution in [0.25, 0.3) is 16.9 Å². The van der Waals surface area contributed by atoms with Crippen molar-refractivity contribution in [3.05, 3.63) is 53.7 Å². The maximum Gasteiger partial charge on any atom is 0.325 e. The highest BCUT2D eigenvalue weighted by molar-refractivity contribution is 6.01. The van der Waals surface area contributed by atoms with Gasteiger partial charge in [-0.3, -0.25) is 14.0 Å². The Morgan fingerprint density at radius 3 is 2.51 bits per heavy atom. The Bertz CT molecular complexity index is 1180. The summed E-state index contributed by atoms with van der Waals surface area (Å²) in [5.74, 6) is 0.549. The third kappa shape index (κ3) is 5.65. The van der Waals surface area contributed by atoms with E-state index in [1.807, 2.05) is 28.8 Å². The lowest BCUT2D eigenvalue weighted by molar-refractivity contribution is -0.140. The lowest BCUT2D eigenvalue weighted by Gasteiger charge is -2.26. The first kappa shape index (κ1) is 24.7. The van der Waals surface area contributed by atoms with Crippen molar-refractivity contribution in [3.63, 3.8) is 0 Å². The summed E-state index contributed by atoms with van der Waals surface area (Å²) in [6.07, 6.45) is 5.43. The van der Waals surface area contributed by atoms with E-state index in [0.29, 0.717) is 35.2 Å². The minimum Gasteiger partial charge on any atom is -0.465 e. The van der Waals surface area contributed by atoms with Gasteiger partial charge in [0.2, 0.25) is 0 Å². The fourth-order valence-corrected chi connectivity index (χ4v) is 4.54. The molecule has 2 aromatic heterocycles. The van der Waals surface area contributed by atoms with Crippen LogP contribution in [0.5, 0.6) is 0 Å². The van der Waals surface area contributed by atoms with E-state index in [-0.39, 0.29) is 30.5 Å². The zero-order valence-corrected chi connectivity index (χ0v) is 20.7. The van der Waals surface area contributed by atoms with Crippen molar-refractivity contribution in [2.75, 3.05) is 18.5 Å². The Labute approximate surface area is 206 Å². The van der Waals surface area contributed by atoms with E-state index in [1.54, 1.807) is 13.0 Å². The van der Waals surface area contributed by atoms with Gasteiger partial charge in [-0.1, -0.05) is 38.1 Å². The predicted molar refractivity (Wildman–Crippen MR) is 138 cm³/mol. The Kier molecular flexibility index (Phi) is 7.70. The van der Waals surface area contributed by atoms with E-state index in [4.69, 9.17) is 15.5 Å². The molecule has 0 atom stereocenters. The van der Waals surface area contributed by atoms with Gasteiger partial charge >= 0.3 is 5.97 Å². The summed E-state index contributed by atoms with van der Waals surface area (Å²) >= 11 is 0. The molecule has 1 amide bonds. The molecule has 8 heteroatoms. The van der Waals surface area contributed by atoms with Crippen molar-refractivity contribution in [2.45, 2.75) is 64.5 Å². The van der Waals surface area contributed by atoms with Gasteiger partial charge in [0.15, 0.2) is 5.65 Å². The number of hydrogen-bond donors (Lipinski definition) is 3. The van der Waals surface area contributed by atoms with E-state index in [9.17, 15) is 9.59 Å². The van der Waals surface area contributed by atoms with Crippen LogP contribution in [-0.4, -0.2) is 46.5 Å². The minimum atomic E-state index is -0.354. The molecule has 1 aliphatic rings. The molecule has 2 heterocycles. The Balaban J connectivity index is 1.70. The fourth-order valence-electron chi connectivity index (χ4n) is 4.54. The maximum atomic E-state index is 13.2. The van der Waals surface area contributed by atoms with E-state index in [1.165, 1.54) is 5.56 Å². The van der Waals surface area contributed by atoms with E-state index in [0.717, 1.165) is 31.2 Å². The van der Waals surface area contributed by atoms with Crippen molar-refractivity contribution in [2.24, 2.45) is 5.73 Å². The molecular weight excluding hydrogens is 442 g/mol. The number of hydrogen-bond acceptors (Lipinski definition) is 6. The number of carbonyl (C=O) groups excluding carboxylic acids is 2. The second-order valence-corrected chi connectivity index (χ2v) is 9.44. The number of esters is 1. The number of anilines is 1. The third-order valence-electron chi connectivity index (χ3n) is 6.56. The summed E-state index contributed by atoms with van der Waals surface area (Å²) in [6.45, 7) is 6.39. The number of benzene rings is 1. The van der Waals surface area contributed by atoms with Crippen LogP contribution in [0, 0.1) is 0 Å². The van der Waals surface area contributed by atoms with Gasteiger partial charge in [-0.05, 0) is 56.2 Å². The summed E-state index contributed by atoms with van der Waals surface area (Å²) in [5.41, 5.74) is 9.84. The van der Waals surface area contributed by atoms with Crippen molar-refractivity contribution < 1.29 is 14.3 Å². The molecule has 4 N–H and O–H groups in total. The summed E-state index contributed by atoms with van der Waals surface area (Å²) in [7, 11) is 0.